The van der Waals surface area contributed by atoms with Crippen LogP contribution in [0.25, 0.3) is 0 Å². The highest BCUT2D eigenvalue weighted by Crippen LogP contribution is 2.24. The van der Waals surface area contributed by atoms with Crippen LogP contribution in [0.3, 0.4) is 0 Å². The van der Waals surface area contributed by atoms with E-state index < -0.39 is 0 Å². The highest BCUT2D eigenvalue weighted by Gasteiger charge is 2.10. The summed E-state index contributed by atoms with van der Waals surface area (Å²) in [6.07, 6.45) is 0.794. The van der Waals surface area contributed by atoms with Gasteiger partial charge in [-0.15, -0.1) is 0 Å². The minimum Gasteiger partial charge on any atom is -0.383 e. The summed E-state index contributed by atoms with van der Waals surface area (Å²) in [7, 11) is 1.60. The van der Waals surface area contributed by atoms with Crippen LogP contribution in [0.2, 0.25) is 10.0 Å². The van der Waals surface area contributed by atoms with E-state index in [1.54, 1.807) is 25.3 Å². The quantitative estimate of drug-likeness (QED) is 0.871. The van der Waals surface area contributed by atoms with Crippen LogP contribution in [0.1, 0.15) is 13.3 Å². The average molecular weight is 291 g/mol. The number of hydrogen-bond acceptors (Lipinski definition) is 2. The van der Waals surface area contributed by atoms with Gasteiger partial charge >= 0.3 is 6.03 Å². The summed E-state index contributed by atoms with van der Waals surface area (Å²) in [4.78, 5) is 11.7. The molecule has 0 fully saturated rings. The molecule has 1 aromatic carbocycles. The Balaban J connectivity index is 2.55. The van der Waals surface area contributed by atoms with Gasteiger partial charge in [-0.1, -0.05) is 30.1 Å². The fourth-order valence-electron chi connectivity index (χ4n) is 1.39. The number of nitrogens with one attached hydrogen (secondary N) is 2. The van der Waals surface area contributed by atoms with Crippen molar-refractivity contribution in [1.29, 1.82) is 0 Å². The molecule has 0 aliphatic heterocycles. The zero-order chi connectivity index (χ0) is 13.5. The molecule has 1 rings (SSSR count). The van der Waals surface area contributed by atoms with Crippen LogP contribution in [-0.2, 0) is 4.74 Å². The van der Waals surface area contributed by atoms with Crippen LogP contribution in [0.5, 0.6) is 0 Å². The Morgan fingerprint density at radius 3 is 2.67 bits per heavy atom. The van der Waals surface area contributed by atoms with Crippen molar-refractivity contribution in [1.82, 2.24) is 5.32 Å². The SMILES string of the molecule is CCC(COC)NC(=O)Nc1ccc(Cl)c(Cl)c1. The van der Waals surface area contributed by atoms with E-state index in [-0.39, 0.29) is 12.1 Å². The van der Waals surface area contributed by atoms with Crippen molar-refractivity contribution >= 4 is 34.9 Å². The van der Waals surface area contributed by atoms with E-state index in [0.29, 0.717) is 22.3 Å². The van der Waals surface area contributed by atoms with E-state index in [4.69, 9.17) is 27.9 Å². The predicted octanol–water partition coefficient (Wildman–Crippen LogP) is 3.54. The summed E-state index contributed by atoms with van der Waals surface area (Å²) in [5.41, 5.74) is 0.592. The van der Waals surface area contributed by atoms with Gasteiger partial charge < -0.3 is 15.4 Å². The summed E-state index contributed by atoms with van der Waals surface area (Å²) in [6.45, 7) is 2.45. The van der Waals surface area contributed by atoms with Gasteiger partial charge in [0.1, 0.15) is 0 Å². The van der Waals surface area contributed by atoms with E-state index in [2.05, 4.69) is 10.6 Å². The fraction of sp³-hybridized carbons (Fsp3) is 0.417. The van der Waals surface area contributed by atoms with Crippen LogP contribution in [0, 0.1) is 0 Å². The molecule has 0 bridgehead atoms. The number of methoxy groups -OCH3 is 1. The summed E-state index contributed by atoms with van der Waals surface area (Å²) in [5, 5.41) is 6.34. The molecule has 2 amide bonds. The summed E-state index contributed by atoms with van der Waals surface area (Å²) >= 11 is 11.6. The van der Waals surface area contributed by atoms with Crippen molar-refractivity contribution < 1.29 is 9.53 Å². The molecule has 0 saturated heterocycles. The molecular weight excluding hydrogens is 275 g/mol. The number of benzene rings is 1. The van der Waals surface area contributed by atoms with E-state index in [1.165, 1.54) is 0 Å². The number of anilines is 1. The molecule has 0 spiro atoms. The molecule has 0 heterocycles. The van der Waals surface area contributed by atoms with Gasteiger partial charge in [-0.2, -0.15) is 0 Å². The van der Waals surface area contributed by atoms with Crippen LogP contribution < -0.4 is 10.6 Å². The number of carbonyl (C=O) groups excluding carboxylic acids is 1. The molecule has 18 heavy (non-hydrogen) atoms. The number of hydrogen-bond donors (Lipinski definition) is 2. The predicted molar refractivity (Wildman–Crippen MR) is 74.6 cm³/mol. The van der Waals surface area contributed by atoms with Gasteiger partial charge in [0.15, 0.2) is 0 Å². The second-order valence-corrected chi connectivity index (χ2v) is 4.60. The minimum absolute atomic E-state index is 0.0160. The van der Waals surface area contributed by atoms with Gasteiger partial charge in [-0.3, -0.25) is 0 Å². The standard InChI is InChI=1S/C12H16Cl2N2O2/c1-3-8(7-18-2)15-12(17)16-9-4-5-10(13)11(14)6-9/h4-6,8H,3,7H2,1-2H3,(H2,15,16,17). The van der Waals surface area contributed by atoms with Crippen molar-refractivity contribution in [2.45, 2.75) is 19.4 Å². The second-order valence-electron chi connectivity index (χ2n) is 3.79. The Morgan fingerprint density at radius 2 is 2.11 bits per heavy atom. The van der Waals surface area contributed by atoms with Crippen molar-refractivity contribution in [2.75, 3.05) is 19.0 Å². The lowest BCUT2D eigenvalue weighted by molar-refractivity contribution is 0.165. The Bertz CT molecular complexity index is 413. The lowest BCUT2D eigenvalue weighted by Crippen LogP contribution is -2.40. The molecule has 2 N–H and O–H groups in total. The second kappa shape index (κ2) is 7.46. The van der Waals surface area contributed by atoms with Crippen LogP contribution in [-0.4, -0.2) is 25.8 Å². The maximum absolute atomic E-state index is 11.7. The van der Waals surface area contributed by atoms with E-state index >= 15 is 0 Å². The largest absolute Gasteiger partial charge is 0.383 e. The Kier molecular flexibility index (Phi) is 6.25. The molecule has 0 radical (unpaired) electrons. The van der Waals surface area contributed by atoms with Gasteiger partial charge in [0.05, 0.1) is 22.7 Å². The monoisotopic (exact) mass is 290 g/mol. The van der Waals surface area contributed by atoms with Crippen molar-refractivity contribution in [3.63, 3.8) is 0 Å². The molecule has 6 heteroatoms. The number of ether oxygens (including phenoxy) is 1. The van der Waals surface area contributed by atoms with E-state index in [1.807, 2.05) is 6.92 Å². The first kappa shape index (κ1) is 15.1. The normalized spacial score (nSPS) is 12.0. The van der Waals surface area contributed by atoms with Gasteiger partial charge in [-0.05, 0) is 24.6 Å². The molecular formula is C12H16Cl2N2O2. The molecule has 1 unspecified atom stereocenters. The molecule has 0 aromatic heterocycles. The van der Waals surface area contributed by atoms with E-state index in [9.17, 15) is 4.79 Å². The van der Waals surface area contributed by atoms with E-state index in [0.717, 1.165) is 6.42 Å². The van der Waals surface area contributed by atoms with Crippen LogP contribution in [0.15, 0.2) is 18.2 Å². The molecule has 0 saturated carbocycles. The summed E-state index contributed by atoms with van der Waals surface area (Å²) in [6, 6.07) is 4.60. The lowest BCUT2D eigenvalue weighted by atomic mass is 10.2. The number of rotatable bonds is 5. The minimum atomic E-state index is -0.294. The smallest absolute Gasteiger partial charge is 0.319 e. The zero-order valence-electron chi connectivity index (χ0n) is 10.3. The number of carbonyl (C=O) groups is 1. The first-order valence-electron chi connectivity index (χ1n) is 5.58. The third kappa shape index (κ3) is 4.72. The molecule has 4 nitrogen and oxygen atoms in total. The molecule has 1 aromatic rings. The highest BCUT2D eigenvalue weighted by molar-refractivity contribution is 6.42. The number of halogens is 2. The maximum atomic E-state index is 11.7. The third-order valence-electron chi connectivity index (χ3n) is 2.37. The summed E-state index contributed by atoms with van der Waals surface area (Å²) < 4.78 is 5.00. The molecule has 1 atom stereocenters. The first-order chi connectivity index (χ1) is 8.56. The lowest BCUT2D eigenvalue weighted by Gasteiger charge is -2.16. The van der Waals surface area contributed by atoms with Crippen LogP contribution in [0.4, 0.5) is 10.5 Å². The number of amides is 2. The van der Waals surface area contributed by atoms with Gasteiger partial charge in [0, 0.05) is 12.8 Å². The third-order valence-corrected chi connectivity index (χ3v) is 3.11. The van der Waals surface area contributed by atoms with Gasteiger partial charge in [0.2, 0.25) is 0 Å². The zero-order valence-corrected chi connectivity index (χ0v) is 11.8. The van der Waals surface area contributed by atoms with Crippen molar-refractivity contribution in [3.8, 4) is 0 Å². The molecule has 0 aliphatic rings. The molecule has 100 valence electrons. The van der Waals surface area contributed by atoms with Gasteiger partial charge in [0.25, 0.3) is 0 Å². The fourth-order valence-corrected chi connectivity index (χ4v) is 1.69. The summed E-state index contributed by atoms with van der Waals surface area (Å²) in [5.74, 6) is 0. The molecule has 0 aliphatic carbocycles. The van der Waals surface area contributed by atoms with Crippen LogP contribution >= 0.6 is 23.2 Å². The Labute approximate surface area is 117 Å². The maximum Gasteiger partial charge on any atom is 0.319 e. The first-order valence-corrected chi connectivity index (χ1v) is 6.34. The number of urea groups is 1. The van der Waals surface area contributed by atoms with Crippen molar-refractivity contribution in [2.24, 2.45) is 0 Å². The topological polar surface area (TPSA) is 50.4 Å². The highest BCUT2D eigenvalue weighted by atomic mass is 35.5. The average Bonchev–Trinajstić information content (AvgIpc) is 2.33. The Hall–Kier alpha value is -0.970. The van der Waals surface area contributed by atoms with Gasteiger partial charge in [-0.25, -0.2) is 4.79 Å². The van der Waals surface area contributed by atoms with Crippen molar-refractivity contribution in [3.05, 3.63) is 28.2 Å². The Morgan fingerprint density at radius 1 is 1.39 bits per heavy atom.